The molecule has 0 radical (unpaired) electrons. The molecule has 2 aromatic carbocycles. The lowest BCUT2D eigenvalue weighted by Gasteiger charge is -2.55. The van der Waals surface area contributed by atoms with Crippen molar-refractivity contribution >= 4 is 15.6 Å². The summed E-state index contributed by atoms with van der Waals surface area (Å²) < 4.78 is 31.1. The maximum Gasteiger partial charge on any atom is 0.206 e. The van der Waals surface area contributed by atoms with Crippen molar-refractivity contribution in [3.05, 3.63) is 54.6 Å². The Morgan fingerprint density at radius 1 is 0.828 bits per heavy atom. The lowest BCUT2D eigenvalue weighted by Crippen LogP contribution is -2.51. The molecule has 0 aliphatic heterocycles. The molecule has 152 valence electrons. The van der Waals surface area contributed by atoms with Gasteiger partial charge in [0.05, 0.1) is 9.79 Å². The summed E-state index contributed by atoms with van der Waals surface area (Å²) in [5.41, 5.74) is -0.161. The lowest BCUT2D eigenvalue weighted by atomic mass is 9.48. The van der Waals surface area contributed by atoms with Crippen LogP contribution >= 0.6 is 0 Å². The van der Waals surface area contributed by atoms with Gasteiger partial charge in [-0.2, -0.15) is 0 Å². The molecule has 4 nitrogen and oxygen atoms in total. The Kier molecular flexibility index (Phi) is 4.54. The van der Waals surface area contributed by atoms with Crippen molar-refractivity contribution in [3.63, 3.8) is 0 Å². The molecular weight excluding hydrogens is 384 g/mol. The van der Waals surface area contributed by atoms with Gasteiger partial charge >= 0.3 is 0 Å². The number of benzene rings is 2. The standard InChI is InChI=1S/C24H26O4S/c25-23(24-13-17-10-18(14-24)12-19(11-17)15-24)16-28-20-6-8-22(9-7-20)29(26,27)21-4-2-1-3-5-21/h1-9,17-19H,10-16H2. The zero-order chi connectivity index (χ0) is 20.1. The minimum Gasteiger partial charge on any atom is -0.486 e. The maximum absolute atomic E-state index is 13.1. The van der Waals surface area contributed by atoms with E-state index in [1.807, 2.05) is 0 Å². The highest BCUT2D eigenvalue weighted by atomic mass is 32.2. The van der Waals surface area contributed by atoms with Crippen LogP contribution in [0.4, 0.5) is 0 Å². The zero-order valence-corrected chi connectivity index (χ0v) is 17.2. The molecule has 4 fully saturated rings. The second kappa shape index (κ2) is 6.98. The molecule has 0 saturated heterocycles. The van der Waals surface area contributed by atoms with Gasteiger partial charge < -0.3 is 4.74 Å². The number of hydrogen-bond donors (Lipinski definition) is 0. The molecule has 4 aliphatic carbocycles. The number of ether oxygens (including phenoxy) is 1. The van der Waals surface area contributed by atoms with E-state index in [0.29, 0.717) is 5.75 Å². The second-order valence-corrected chi connectivity index (χ2v) is 11.1. The van der Waals surface area contributed by atoms with Gasteiger partial charge in [-0.1, -0.05) is 18.2 Å². The van der Waals surface area contributed by atoms with E-state index in [0.717, 1.165) is 37.0 Å². The molecular formula is C24H26O4S. The van der Waals surface area contributed by atoms with Crippen LogP contribution in [0.3, 0.4) is 0 Å². The smallest absolute Gasteiger partial charge is 0.206 e. The van der Waals surface area contributed by atoms with Gasteiger partial charge in [0.1, 0.15) is 12.4 Å². The average molecular weight is 411 g/mol. The van der Waals surface area contributed by atoms with E-state index in [4.69, 9.17) is 4.74 Å². The van der Waals surface area contributed by atoms with E-state index >= 15 is 0 Å². The maximum atomic E-state index is 13.1. The van der Waals surface area contributed by atoms with E-state index in [1.54, 1.807) is 54.6 Å². The van der Waals surface area contributed by atoms with E-state index in [2.05, 4.69) is 0 Å². The normalized spacial score (nSPS) is 30.3. The molecule has 5 heteroatoms. The molecule has 2 aromatic rings. The van der Waals surface area contributed by atoms with Crippen LogP contribution in [0, 0.1) is 23.2 Å². The third-order valence-electron chi connectivity index (χ3n) is 7.19. The van der Waals surface area contributed by atoms with Gasteiger partial charge in [-0.25, -0.2) is 8.42 Å². The quantitative estimate of drug-likeness (QED) is 0.694. The summed E-state index contributed by atoms with van der Waals surface area (Å²) in [5, 5.41) is 0. The zero-order valence-electron chi connectivity index (χ0n) is 16.4. The summed E-state index contributed by atoms with van der Waals surface area (Å²) >= 11 is 0. The number of Topliss-reactive ketones (excluding diaryl/α,β-unsaturated/α-hetero) is 1. The second-order valence-electron chi connectivity index (χ2n) is 9.20. The summed E-state index contributed by atoms with van der Waals surface area (Å²) in [7, 11) is -3.54. The topological polar surface area (TPSA) is 60.4 Å². The van der Waals surface area contributed by atoms with Gasteiger partial charge in [0.25, 0.3) is 0 Å². The Bertz CT molecular complexity index is 973. The van der Waals surface area contributed by atoms with Gasteiger partial charge in [-0.3, -0.25) is 4.79 Å². The minimum atomic E-state index is -3.54. The molecule has 6 rings (SSSR count). The third kappa shape index (κ3) is 3.39. The van der Waals surface area contributed by atoms with Crippen LogP contribution in [0.2, 0.25) is 0 Å². The Hall–Kier alpha value is -2.14. The van der Waals surface area contributed by atoms with Gasteiger partial charge in [0, 0.05) is 5.41 Å². The number of sulfone groups is 1. The monoisotopic (exact) mass is 410 g/mol. The number of rotatable bonds is 6. The van der Waals surface area contributed by atoms with Crippen LogP contribution in [-0.2, 0) is 14.6 Å². The molecule has 0 atom stereocenters. The van der Waals surface area contributed by atoms with Crippen LogP contribution in [0.5, 0.6) is 5.75 Å². The molecule has 0 unspecified atom stereocenters. The first-order valence-corrected chi connectivity index (χ1v) is 12.0. The molecule has 0 amide bonds. The number of hydrogen-bond acceptors (Lipinski definition) is 4. The first kappa shape index (κ1) is 18.9. The summed E-state index contributed by atoms with van der Waals surface area (Å²) in [6.07, 6.45) is 7.04. The van der Waals surface area contributed by atoms with E-state index < -0.39 is 9.84 Å². The summed E-state index contributed by atoms with van der Waals surface area (Å²) in [5.74, 6) is 2.96. The molecule has 0 aromatic heterocycles. The number of carbonyl (C=O) groups excluding carboxylic acids is 1. The van der Waals surface area contributed by atoms with E-state index in [9.17, 15) is 13.2 Å². The predicted molar refractivity (Wildman–Crippen MR) is 109 cm³/mol. The van der Waals surface area contributed by atoms with Crippen molar-refractivity contribution in [2.75, 3.05) is 6.61 Å². The Labute approximate surface area is 172 Å². The average Bonchev–Trinajstić information content (AvgIpc) is 2.72. The Morgan fingerprint density at radius 3 is 1.90 bits per heavy atom. The Balaban J connectivity index is 1.26. The summed E-state index contributed by atoms with van der Waals surface area (Å²) in [6.45, 7) is 0.0803. The van der Waals surface area contributed by atoms with E-state index in [1.165, 1.54) is 19.3 Å². The number of carbonyl (C=O) groups is 1. The van der Waals surface area contributed by atoms with Crippen molar-refractivity contribution in [3.8, 4) is 5.75 Å². The fourth-order valence-corrected chi connectivity index (χ4v) is 7.49. The highest BCUT2D eigenvalue weighted by molar-refractivity contribution is 7.91. The van der Waals surface area contributed by atoms with Crippen molar-refractivity contribution < 1.29 is 17.9 Å². The Morgan fingerprint density at radius 2 is 1.34 bits per heavy atom. The van der Waals surface area contributed by atoms with Gasteiger partial charge in [-0.05, 0) is 92.7 Å². The van der Waals surface area contributed by atoms with Crippen LogP contribution < -0.4 is 4.74 Å². The largest absolute Gasteiger partial charge is 0.486 e. The molecule has 4 saturated carbocycles. The highest BCUT2D eigenvalue weighted by Crippen LogP contribution is 2.60. The fraction of sp³-hybridized carbons (Fsp3) is 0.458. The van der Waals surface area contributed by atoms with Crippen molar-refractivity contribution in [1.29, 1.82) is 0 Å². The molecule has 4 bridgehead atoms. The highest BCUT2D eigenvalue weighted by Gasteiger charge is 2.54. The summed E-state index contributed by atoms with van der Waals surface area (Å²) in [4.78, 5) is 13.6. The fourth-order valence-electron chi connectivity index (χ4n) is 6.20. The predicted octanol–water partition coefficient (Wildman–Crippen LogP) is 4.68. The molecule has 0 N–H and O–H groups in total. The molecule has 29 heavy (non-hydrogen) atoms. The third-order valence-corrected chi connectivity index (χ3v) is 8.97. The minimum absolute atomic E-state index is 0.0803. The first-order valence-electron chi connectivity index (χ1n) is 10.5. The van der Waals surface area contributed by atoms with Crippen LogP contribution in [-0.4, -0.2) is 20.8 Å². The van der Waals surface area contributed by atoms with Crippen LogP contribution in [0.15, 0.2) is 64.4 Å². The lowest BCUT2D eigenvalue weighted by molar-refractivity contribution is -0.145. The van der Waals surface area contributed by atoms with Gasteiger partial charge in [-0.15, -0.1) is 0 Å². The first-order chi connectivity index (χ1) is 13.9. The van der Waals surface area contributed by atoms with E-state index in [-0.39, 0.29) is 27.6 Å². The van der Waals surface area contributed by atoms with Crippen molar-refractivity contribution in [1.82, 2.24) is 0 Å². The number of ketones is 1. The molecule has 0 spiro atoms. The SMILES string of the molecule is O=C(COc1ccc(S(=O)(=O)c2ccccc2)cc1)C12CC3CC(CC(C3)C1)C2. The van der Waals surface area contributed by atoms with Gasteiger partial charge in [0.15, 0.2) is 5.78 Å². The van der Waals surface area contributed by atoms with Crippen molar-refractivity contribution in [2.24, 2.45) is 23.2 Å². The summed E-state index contributed by atoms with van der Waals surface area (Å²) in [6, 6.07) is 14.8. The van der Waals surface area contributed by atoms with Crippen molar-refractivity contribution in [2.45, 2.75) is 48.3 Å². The van der Waals surface area contributed by atoms with Crippen LogP contribution in [0.25, 0.3) is 0 Å². The molecule has 0 heterocycles. The van der Waals surface area contributed by atoms with Gasteiger partial charge in [0.2, 0.25) is 9.84 Å². The van der Waals surface area contributed by atoms with Crippen LogP contribution in [0.1, 0.15) is 38.5 Å². The molecule has 4 aliphatic rings.